The van der Waals surface area contributed by atoms with E-state index in [4.69, 9.17) is 9.15 Å². The van der Waals surface area contributed by atoms with Crippen LogP contribution in [0.2, 0.25) is 0 Å². The molecule has 1 heterocycles. The van der Waals surface area contributed by atoms with Crippen molar-refractivity contribution in [2.24, 2.45) is 5.92 Å². The maximum atomic E-state index is 12.7. The highest BCUT2D eigenvalue weighted by Crippen LogP contribution is 2.21. The van der Waals surface area contributed by atoms with Crippen LogP contribution in [0.4, 0.5) is 0 Å². The van der Waals surface area contributed by atoms with E-state index < -0.39 is 27.7 Å². The van der Waals surface area contributed by atoms with Gasteiger partial charge in [-0.2, -0.15) is 4.72 Å². The molecule has 0 aliphatic rings. The summed E-state index contributed by atoms with van der Waals surface area (Å²) in [5, 5.41) is 0.671. The molecule has 0 spiro atoms. The number of sulfonamides is 1. The molecule has 1 aromatic heterocycles. The minimum atomic E-state index is -3.91. The molecule has 152 valence electrons. The van der Waals surface area contributed by atoms with Crippen LogP contribution in [0.3, 0.4) is 0 Å². The Kier molecular flexibility index (Phi) is 5.86. The van der Waals surface area contributed by atoms with Gasteiger partial charge in [-0.25, -0.2) is 18.0 Å². The van der Waals surface area contributed by atoms with Crippen LogP contribution < -0.4 is 15.1 Å². The molecule has 3 aromatic rings. The average molecular weight is 415 g/mol. The highest BCUT2D eigenvalue weighted by atomic mass is 32.2. The number of rotatable bonds is 6. The summed E-state index contributed by atoms with van der Waals surface area (Å²) in [5.41, 5.74) is 0.669. The molecule has 0 fully saturated rings. The van der Waals surface area contributed by atoms with Gasteiger partial charge in [-0.1, -0.05) is 31.5 Å². The molecular weight excluding hydrogens is 394 g/mol. The molecule has 1 N–H and O–H groups in total. The highest BCUT2D eigenvalue weighted by Gasteiger charge is 2.30. The third-order valence-electron chi connectivity index (χ3n) is 4.35. The summed E-state index contributed by atoms with van der Waals surface area (Å²) in [7, 11) is -3.91. The number of carbonyl (C=O) groups is 1. The third kappa shape index (κ3) is 4.90. The summed E-state index contributed by atoms with van der Waals surface area (Å²) < 4.78 is 38.2. The number of carbonyl (C=O) groups excluding carboxylic acids is 1. The predicted octanol–water partition coefficient (Wildman–Crippen LogP) is 3.01. The lowest BCUT2D eigenvalue weighted by Crippen LogP contribution is -2.46. The molecule has 0 unspecified atom stereocenters. The molecule has 0 saturated carbocycles. The van der Waals surface area contributed by atoms with Gasteiger partial charge in [-0.05, 0) is 43.2 Å². The molecule has 2 aromatic carbocycles. The van der Waals surface area contributed by atoms with Gasteiger partial charge in [0.2, 0.25) is 10.0 Å². The fraction of sp³-hybridized carbons (Fsp3) is 0.238. The lowest BCUT2D eigenvalue weighted by molar-refractivity contribution is -0.137. The molecule has 0 amide bonds. The lowest BCUT2D eigenvalue weighted by atomic mass is 10.1. The summed E-state index contributed by atoms with van der Waals surface area (Å²) in [5.74, 6) is -0.966. The second kappa shape index (κ2) is 8.18. The van der Waals surface area contributed by atoms with E-state index in [0.717, 1.165) is 5.56 Å². The first-order chi connectivity index (χ1) is 13.7. The fourth-order valence-corrected chi connectivity index (χ4v) is 4.03. The van der Waals surface area contributed by atoms with Crippen molar-refractivity contribution in [3.63, 3.8) is 0 Å². The summed E-state index contributed by atoms with van der Waals surface area (Å²) in [6.07, 6.45) is 0. The van der Waals surface area contributed by atoms with Gasteiger partial charge in [0.25, 0.3) is 0 Å². The van der Waals surface area contributed by atoms with Crippen molar-refractivity contribution < 1.29 is 22.4 Å². The van der Waals surface area contributed by atoms with Gasteiger partial charge >= 0.3 is 11.6 Å². The zero-order chi connectivity index (χ0) is 21.2. The van der Waals surface area contributed by atoms with Gasteiger partial charge in [-0.3, -0.25) is 0 Å². The smallest absolute Gasteiger partial charge is 0.336 e. The van der Waals surface area contributed by atoms with E-state index in [1.54, 1.807) is 44.2 Å². The van der Waals surface area contributed by atoms with Crippen LogP contribution in [0.15, 0.2) is 68.7 Å². The SMILES string of the molecule is Cc1ccc(S(=O)(=O)N[C@H](C(=O)Oc2ccc3ccc(=O)oc3c2)C(C)C)cc1. The summed E-state index contributed by atoms with van der Waals surface area (Å²) >= 11 is 0. The Bertz CT molecular complexity index is 1200. The Morgan fingerprint density at radius 1 is 1.03 bits per heavy atom. The van der Waals surface area contributed by atoms with Crippen LogP contribution in [0.5, 0.6) is 5.75 Å². The van der Waals surface area contributed by atoms with Gasteiger partial charge in [-0.15, -0.1) is 0 Å². The van der Waals surface area contributed by atoms with Gasteiger partial charge in [0.15, 0.2) is 0 Å². The first-order valence-electron chi connectivity index (χ1n) is 9.00. The third-order valence-corrected chi connectivity index (χ3v) is 5.80. The molecule has 1 atom stereocenters. The molecule has 3 rings (SSSR count). The number of fused-ring (bicyclic) bond motifs is 1. The molecule has 0 saturated heterocycles. The standard InChI is InChI=1S/C21H21NO6S/c1-13(2)20(22-29(25,26)17-9-4-14(3)5-10-17)21(24)27-16-8-6-15-7-11-19(23)28-18(15)12-16/h4-13,20,22H,1-3H3/t20-/m0/s1. The zero-order valence-electron chi connectivity index (χ0n) is 16.2. The average Bonchev–Trinajstić information content (AvgIpc) is 2.66. The van der Waals surface area contributed by atoms with E-state index in [1.165, 1.54) is 24.3 Å². The van der Waals surface area contributed by atoms with Gasteiger partial charge < -0.3 is 9.15 Å². The molecule has 7 nitrogen and oxygen atoms in total. The Morgan fingerprint density at radius 3 is 2.34 bits per heavy atom. The Balaban J connectivity index is 1.82. The largest absolute Gasteiger partial charge is 0.425 e. The van der Waals surface area contributed by atoms with Crippen molar-refractivity contribution in [2.75, 3.05) is 0 Å². The number of hydrogen-bond donors (Lipinski definition) is 1. The number of nitrogens with one attached hydrogen (secondary N) is 1. The van der Waals surface area contributed by atoms with Gasteiger partial charge in [0.05, 0.1) is 4.90 Å². The number of hydrogen-bond acceptors (Lipinski definition) is 6. The van der Waals surface area contributed by atoms with Crippen LogP contribution in [-0.2, 0) is 14.8 Å². The molecule has 0 bridgehead atoms. The van der Waals surface area contributed by atoms with Crippen molar-refractivity contribution in [3.8, 4) is 5.75 Å². The van der Waals surface area contributed by atoms with Crippen molar-refractivity contribution in [2.45, 2.75) is 31.7 Å². The summed E-state index contributed by atoms with van der Waals surface area (Å²) in [6.45, 7) is 5.27. The van der Waals surface area contributed by atoms with E-state index in [-0.39, 0.29) is 22.1 Å². The minimum absolute atomic E-state index is 0.0639. The molecular formula is C21H21NO6S. The van der Waals surface area contributed by atoms with Crippen molar-refractivity contribution in [3.05, 3.63) is 70.6 Å². The second-order valence-electron chi connectivity index (χ2n) is 7.03. The maximum absolute atomic E-state index is 12.7. The Labute approximate surface area is 168 Å². The van der Waals surface area contributed by atoms with Crippen molar-refractivity contribution in [1.82, 2.24) is 4.72 Å². The number of benzene rings is 2. The molecule has 0 radical (unpaired) electrons. The van der Waals surface area contributed by atoms with E-state index in [1.807, 2.05) is 6.92 Å². The van der Waals surface area contributed by atoms with Gasteiger partial charge in [0.1, 0.15) is 17.4 Å². The van der Waals surface area contributed by atoms with Crippen LogP contribution in [0.25, 0.3) is 11.0 Å². The van der Waals surface area contributed by atoms with E-state index in [0.29, 0.717) is 5.39 Å². The lowest BCUT2D eigenvalue weighted by Gasteiger charge is -2.20. The normalized spacial score (nSPS) is 12.8. The van der Waals surface area contributed by atoms with Crippen LogP contribution in [0.1, 0.15) is 19.4 Å². The molecule has 0 aliphatic carbocycles. The quantitative estimate of drug-likeness (QED) is 0.377. The fourth-order valence-electron chi connectivity index (χ4n) is 2.69. The number of aryl methyl sites for hydroxylation is 1. The monoisotopic (exact) mass is 415 g/mol. The predicted molar refractivity (Wildman–Crippen MR) is 108 cm³/mol. The van der Waals surface area contributed by atoms with Crippen LogP contribution in [0, 0.1) is 12.8 Å². The van der Waals surface area contributed by atoms with Crippen LogP contribution in [-0.4, -0.2) is 20.4 Å². The number of esters is 1. The molecule has 29 heavy (non-hydrogen) atoms. The van der Waals surface area contributed by atoms with E-state index in [9.17, 15) is 18.0 Å². The topological polar surface area (TPSA) is 103 Å². The zero-order valence-corrected chi connectivity index (χ0v) is 17.0. The minimum Gasteiger partial charge on any atom is -0.425 e. The van der Waals surface area contributed by atoms with Crippen molar-refractivity contribution in [1.29, 1.82) is 0 Å². The maximum Gasteiger partial charge on any atom is 0.336 e. The first kappa shape index (κ1) is 20.8. The summed E-state index contributed by atoms with van der Waals surface area (Å²) in [4.78, 5) is 24.1. The van der Waals surface area contributed by atoms with E-state index in [2.05, 4.69) is 4.72 Å². The highest BCUT2D eigenvalue weighted by molar-refractivity contribution is 7.89. The first-order valence-corrected chi connectivity index (χ1v) is 10.5. The number of ether oxygens (including phenoxy) is 1. The van der Waals surface area contributed by atoms with E-state index >= 15 is 0 Å². The van der Waals surface area contributed by atoms with Crippen LogP contribution >= 0.6 is 0 Å². The Hall–Kier alpha value is -2.97. The Morgan fingerprint density at radius 2 is 1.69 bits per heavy atom. The second-order valence-corrected chi connectivity index (χ2v) is 8.75. The molecule has 8 heteroatoms. The summed E-state index contributed by atoms with van der Waals surface area (Å²) in [6, 6.07) is 12.7. The molecule has 0 aliphatic heterocycles. The van der Waals surface area contributed by atoms with Gasteiger partial charge in [0, 0.05) is 17.5 Å². The van der Waals surface area contributed by atoms with Crippen molar-refractivity contribution >= 4 is 27.0 Å².